The van der Waals surface area contributed by atoms with E-state index in [1.54, 1.807) is 13.2 Å². The summed E-state index contributed by atoms with van der Waals surface area (Å²) >= 11 is 0. The van der Waals surface area contributed by atoms with Gasteiger partial charge in [0.05, 0.1) is 18.8 Å². The topological polar surface area (TPSA) is 106 Å². The molecule has 0 amide bonds. The molecule has 2 rings (SSSR count). The van der Waals surface area contributed by atoms with Gasteiger partial charge in [0.15, 0.2) is 5.82 Å². The van der Waals surface area contributed by atoms with E-state index in [-0.39, 0.29) is 18.8 Å². The minimum Gasteiger partial charge on any atom is -0.394 e. The van der Waals surface area contributed by atoms with E-state index in [0.29, 0.717) is 31.3 Å². The highest BCUT2D eigenvalue weighted by atomic mass is 16.5. The fourth-order valence-corrected chi connectivity index (χ4v) is 2.25. The van der Waals surface area contributed by atoms with E-state index in [9.17, 15) is 5.11 Å². The molecule has 112 valence electrons. The standard InChI is InChI=1S/C12H21N5O3/c1-8-4-17(5-9(6-18)20-8)12-3-10(16-13)14-11(15-12)7-19-2/h3,8-9,18H,4-7,13H2,1-2H3,(H,14,15,16). The first-order valence-corrected chi connectivity index (χ1v) is 6.51. The highest BCUT2D eigenvalue weighted by Gasteiger charge is 2.26. The molecule has 4 N–H and O–H groups in total. The largest absolute Gasteiger partial charge is 0.394 e. The molecule has 0 bridgehead atoms. The Morgan fingerprint density at radius 3 is 3.00 bits per heavy atom. The van der Waals surface area contributed by atoms with Crippen molar-refractivity contribution in [3.63, 3.8) is 0 Å². The fraction of sp³-hybridized carbons (Fsp3) is 0.667. The Bertz CT molecular complexity index is 445. The van der Waals surface area contributed by atoms with Crippen molar-refractivity contribution >= 4 is 11.6 Å². The third-order valence-corrected chi connectivity index (χ3v) is 3.03. The Hall–Kier alpha value is -1.48. The van der Waals surface area contributed by atoms with Gasteiger partial charge in [0, 0.05) is 26.3 Å². The number of rotatable bonds is 5. The molecule has 0 saturated carbocycles. The van der Waals surface area contributed by atoms with Gasteiger partial charge in [0.25, 0.3) is 0 Å². The van der Waals surface area contributed by atoms with E-state index in [1.807, 2.05) is 6.92 Å². The van der Waals surface area contributed by atoms with E-state index in [1.165, 1.54) is 0 Å². The molecule has 1 aliphatic heterocycles. The van der Waals surface area contributed by atoms with E-state index < -0.39 is 0 Å². The van der Waals surface area contributed by atoms with Crippen molar-refractivity contribution in [2.75, 3.05) is 37.1 Å². The van der Waals surface area contributed by atoms with Gasteiger partial charge < -0.3 is 24.9 Å². The van der Waals surface area contributed by atoms with Crippen LogP contribution < -0.4 is 16.2 Å². The minimum atomic E-state index is -0.214. The molecule has 0 aromatic carbocycles. The Morgan fingerprint density at radius 2 is 2.35 bits per heavy atom. The molecule has 8 heteroatoms. The van der Waals surface area contributed by atoms with E-state index in [2.05, 4.69) is 20.3 Å². The Labute approximate surface area is 117 Å². The number of nitrogens with zero attached hydrogens (tertiary/aromatic N) is 3. The second-order valence-electron chi connectivity index (χ2n) is 4.76. The number of aliphatic hydroxyl groups excluding tert-OH is 1. The van der Waals surface area contributed by atoms with Gasteiger partial charge in [0.1, 0.15) is 18.2 Å². The second kappa shape index (κ2) is 6.80. The van der Waals surface area contributed by atoms with Crippen molar-refractivity contribution in [2.45, 2.75) is 25.7 Å². The fourth-order valence-electron chi connectivity index (χ4n) is 2.25. The average molecular weight is 283 g/mol. The quantitative estimate of drug-likeness (QED) is 0.490. The van der Waals surface area contributed by atoms with Crippen LogP contribution in [0.25, 0.3) is 0 Å². The van der Waals surface area contributed by atoms with Gasteiger partial charge in [-0.2, -0.15) is 0 Å². The van der Waals surface area contributed by atoms with Crippen molar-refractivity contribution < 1.29 is 14.6 Å². The molecular weight excluding hydrogens is 262 g/mol. The monoisotopic (exact) mass is 283 g/mol. The number of hydrazine groups is 1. The molecule has 20 heavy (non-hydrogen) atoms. The molecule has 2 unspecified atom stereocenters. The zero-order valence-electron chi connectivity index (χ0n) is 11.7. The van der Waals surface area contributed by atoms with Gasteiger partial charge in [-0.25, -0.2) is 15.8 Å². The van der Waals surface area contributed by atoms with E-state index in [0.717, 1.165) is 5.82 Å². The first kappa shape index (κ1) is 14.9. The van der Waals surface area contributed by atoms with Crippen LogP contribution in [0.2, 0.25) is 0 Å². The summed E-state index contributed by atoms with van der Waals surface area (Å²) in [6, 6.07) is 1.77. The van der Waals surface area contributed by atoms with E-state index >= 15 is 0 Å². The van der Waals surface area contributed by atoms with Crippen LogP contribution in [0.5, 0.6) is 0 Å². The maximum Gasteiger partial charge on any atom is 0.158 e. The van der Waals surface area contributed by atoms with Crippen molar-refractivity contribution in [3.05, 3.63) is 11.9 Å². The minimum absolute atomic E-state index is 0.0150. The van der Waals surface area contributed by atoms with Crippen LogP contribution in [-0.4, -0.2) is 54.1 Å². The lowest BCUT2D eigenvalue weighted by Gasteiger charge is -2.36. The molecule has 0 spiro atoms. The maximum absolute atomic E-state index is 9.28. The summed E-state index contributed by atoms with van der Waals surface area (Å²) in [4.78, 5) is 10.7. The zero-order chi connectivity index (χ0) is 14.5. The van der Waals surface area contributed by atoms with Gasteiger partial charge in [0.2, 0.25) is 0 Å². The summed E-state index contributed by atoms with van der Waals surface area (Å²) in [5.74, 6) is 7.26. The maximum atomic E-state index is 9.28. The number of hydrogen-bond donors (Lipinski definition) is 3. The van der Waals surface area contributed by atoms with Gasteiger partial charge >= 0.3 is 0 Å². The first-order valence-electron chi connectivity index (χ1n) is 6.51. The summed E-state index contributed by atoms with van der Waals surface area (Å²) in [5.41, 5.74) is 2.53. The average Bonchev–Trinajstić information content (AvgIpc) is 2.46. The second-order valence-corrected chi connectivity index (χ2v) is 4.76. The van der Waals surface area contributed by atoms with Crippen LogP contribution in [0.4, 0.5) is 11.6 Å². The van der Waals surface area contributed by atoms with Crippen LogP contribution in [0, 0.1) is 0 Å². The van der Waals surface area contributed by atoms with Crippen LogP contribution in [0.15, 0.2) is 6.07 Å². The normalized spacial score (nSPS) is 22.9. The lowest BCUT2D eigenvalue weighted by Crippen LogP contribution is -2.48. The number of aromatic nitrogens is 2. The molecule has 1 aromatic rings. The van der Waals surface area contributed by atoms with Crippen molar-refractivity contribution in [2.24, 2.45) is 5.84 Å². The number of nitrogens with one attached hydrogen (secondary N) is 1. The third-order valence-electron chi connectivity index (χ3n) is 3.03. The molecule has 2 atom stereocenters. The van der Waals surface area contributed by atoms with Gasteiger partial charge in [-0.15, -0.1) is 0 Å². The Balaban J connectivity index is 2.23. The number of anilines is 2. The van der Waals surface area contributed by atoms with Gasteiger partial charge in [-0.3, -0.25) is 0 Å². The van der Waals surface area contributed by atoms with Gasteiger partial charge in [-0.1, -0.05) is 0 Å². The van der Waals surface area contributed by atoms with Crippen molar-refractivity contribution in [1.29, 1.82) is 0 Å². The predicted octanol–water partition coefficient (Wildman–Crippen LogP) is -0.505. The summed E-state index contributed by atoms with van der Waals surface area (Å²) in [5, 5.41) is 9.28. The van der Waals surface area contributed by atoms with Crippen LogP contribution in [-0.2, 0) is 16.1 Å². The molecule has 1 fully saturated rings. The van der Waals surface area contributed by atoms with Gasteiger partial charge in [-0.05, 0) is 6.92 Å². The van der Waals surface area contributed by atoms with Crippen LogP contribution in [0.3, 0.4) is 0 Å². The third kappa shape index (κ3) is 3.54. The molecule has 0 radical (unpaired) electrons. The summed E-state index contributed by atoms with van der Waals surface area (Å²) in [7, 11) is 1.59. The Kier molecular flexibility index (Phi) is 5.07. The highest BCUT2D eigenvalue weighted by Crippen LogP contribution is 2.21. The summed E-state index contributed by atoms with van der Waals surface area (Å²) in [6.45, 7) is 3.54. The lowest BCUT2D eigenvalue weighted by molar-refractivity contribution is -0.0423. The number of morpholine rings is 1. The zero-order valence-corrected chi connectivity index (χ0v) is 11.7. The summed E-state index contributed by atoms with van der Waals surface area (Å²) < 4.78 is 10.7. The molecule has 8 nitrogen and oxygen atoms in total. The first-order chi connectivity index (χ1) is 9.66. The SMILES string of the molecule is COCc1nc(NN)cc(N2CC(C)OC(CO)C2)n1. The molecule has 1 aliphatic rings. The Morgan fingerprint density at radius 1 is 1.55 bits per heavy atom. The highest BCUT2D eigenvalue weighted by molar-refractivity contribution is 5.49. The molecule has 1 aromatic heterocycles. The molecule has 2 heterocycles. The van der Waals surface area contributed by atoms with E-state index in [4.69, 9.17) is 15.3 Å². The number of hydrogen-bond acceptors (Lipinski definition) is 8. The number of nitrogens with two attached hydrogens (primary N) is 1. The van der Waals surface area contributed by atoms with Crippen molar-refractivity contribution in [1.82, 2.24) is 9.97 Å². The summed E-state index contributed by atoms with van der Waals surface area (Å²) in [6.07, 6.45) is -0.190. The molecule has 1 saturated heterocycles. The van der Waals surface area contributed by atoms with Crippen molar-refractivity contribution in [3.8, 4) is 0 Å². The predicted molar refractivity (Wildman–Crippen MR) is 74.2 cm³/mol. The van der Waals surface area contributed by atoms with Crippen LogP contribution >= 0.6 is 0 Å². The van der Waals surface area contributed by atoms with Crippen LogP contribution in [0.1, 0.15) is 12.7 Å². The smallest absolute Gasteiger partial charge is 0.158 e. The number of nitrogen functional groups attached to an aromatic ring is 1. The number of ether oxygens (including phenoxy) is 2. The number of methoxy groups -OCH3 is 1. The lowest BCUT2D eigenvalue weighted by atomic mass is 10.2. The molecule has 0 aliphatic carbocycles. The molecular formula is C12H21N5O3. The number of aliphatic hydroxyl groups is 1.